The maximum Gasteiger partial charge on any atom is 0.501 e. The third-order valence-electron chi connectivity index (χ3n) is 4.78. The zero-order chi connectivity index (χ0) is 22.7. The molecule has 10 heteroatoms. The fourth-order valence-corrected chi connectivity index (χ4v) is 4.41. The van der Waals surface area contributed by atoms with E-state index in [4.69, 9.17) is 14.2 Å². The molecule has 0 bridgehead atoms. The van der Waals surface area contributed by atoms with Crippen molar-refractivity contribution in [2.24, 2.45) is 5.92 Å². The van der Waals surface area contributed by atoms with Gasteiger partial charge in [-0.1, -0.05) is 13.8 Å². The summed E-state index contributed by atoms with van der Waals surface area (Å²) in [4.78, 5) is 39.8. The standard InChI is InChI=1S/C21H25N3O6S/c1-12(2)10-24-20(26)19-14(6-7-31-19)23(21(24)27)11-17(25)22-13-8-15(28-3)18(30-5)16(9-13)29-4/h6-9,12,19H,10-11H2,1-5H3/p+1. The van der Waals surface area contributed by atoms with Crippen LogP contribution in [0.5, 0.6) is 17.2 Å². The number of benzene rings is 1. The smallest absolute Gasteiger partial charge is 0.493 e. The maximum absolute atomic E-state index is 13.0. The van der Waals surface area contributed by atoms with Crippen molar-refractivity contribution in [2.45, 2.75) is 19.1 Å². The van der Waals surface area contributed by atoms with Gasteiger partial charge in [0.25, 0.3) is 5.91 Å². The topological polar surface area (TPSA) is 97.2 Å². The first-order chi connectivity index (χ1) is 14.8. The zero-order valence-corrected chi connectivity index (χ0v) is 18.9. The Kier molecular flexibility index (Phi) is 6.89. The number of methoxy groups -OCH3 is 3. The number of hydrogen-bond acceptors (Lipinski definition) is 7. The summed E-state index contributed by atoms with van der Waals surface area (Å²) in [5, 5.41) is 4.02. The summed E-state index contributed by atoms with van der Waals surface area (Å²) < 4.78 is 17.3. The predicted molar refractivity (Wildman–Crippen MR) is 117 cm³/mol. The van der Waals surface area contributed by atoms with Gasteiger partial charge in [-0.2, -0.15) is 14.3 Å². The number of nitrogens with one attached hydrogen (secondary N) is 1. The summed E-state index contributed by atoms with van der Waals surface area (Å²) in [7, 11) is 4.46. The summed E-state index contributed by atoms with van der Waals surface area (Å²) in [6, 6.07) is 2.72. The Morgan fingerprint density at radius 2 is 1.81 bits per heavy atom. The van der Waals surface area contributed by atoms with Crippen LogP contribution in [0.3, 0.4) is 0 Å². The van der Waals surface area contributed by atoms with Gasteiger partial charge >= 0.3 is 11.9 Å². The van der Waals surface area contributed by atoms with Gasteiger partial charge in [0.1, 0.15) is 5.71 Å². The third-order valence-corrected chi connectivity index (χ3v) is 5.79. The third kappa shape index (κ3) is 4.53. The van der Waals surface area contributed by atoms with Gasteiger partial charge in [-0.25, -0.2) is 4.79 Å². The predicted octanol–water partition coefficient (Wildman–Crippen LogP) is 2.35. The molecule has 1 aromatic carbocycles. The number of carbonyl (C=O) groups is 3. The molecule has 0 aliphatic carbocycles. The molecule has 2 aliphatic rings. The Labute approximate surface area is 185 Å². The molecule has 1 unspecified atom stereocenters. The van der Waals surface area contributed by atoms with E-state index in [0.717, 1.165) is 0 Å². The molecule has 1 atom stereocenters. The minimum absolute atomic E-state index is 0.115. The molecular formula is C21H26N3O6S+. The number of ether oxygens (including phenoxy) is 3. The number of allylic oxidation sites excluding steroid dienone is 1. The molecule has 0 aromatic heterocycles. The lowest BCUT2D eigenvalue weighted by Gasteiger charge is -2.25. The summed E-state index contributed by atoms with van der Waals surface area (Å²) in [6.45, 7) is 3.93. The van der Waals surface area contributed by atoms with E-state index in [1.54, 1.807) is 23.6 Å². The molecule has 3 rings (SSSR count). The van der Waals surface area contributed by atoms with E-state index < -0.39 is 17.2 Å². The molecule has 1 N–H and O–H groups in total. The number of fused-ring (bicyclic) bond motifs is 1. The second-order valence-electron chi connectivity index (χ2n) is 7.42. The molecule has 1 aromatic rings. The number of rotatable bonds is 8. The van der Waals surface area contributed by atoms with Gasteiger partial charge in [0, 0.05) is 17.8 Å². The van der Waals surface area contributed by atoms with Crippen LogP contribution in [-0.2, 0) is 9.59 Å². The van der Waals surface area contributed by atoms with Crippen LogP contribution in [-0.4, -0.2) is 72.7 Å². The summed E-state index contributed by atoms with van der Waals surface area (Å²) in [5.41, 5.74) is 0.956. The van der Waals surface area contributed by atoms with Gasteiger partial charge in [0.05, 0.1) is 27.9 Å². The van der Waals surface area contributed by atoms with Crippen LogP contribution in [0.25, 0.3) is 0 Å². The number of imide groups is 1. The minimum Gasteiger partial charge on any atom is -0.493 e. The van der Waals surface area contributed by atoms with E-state index in [1.165, 1.54) is 42.6 Å². The van der Waals surface area contributed by atoms with Gasteiger partial charge in [-0.3, -0.25) is 4.79 Å². The van der Waals surface area contributed by atoms with Crippen molar-refractivity contribution in [1.29, 1.82) is 0 Å². The first-order valence-electron chi connectivity index (χ1n) is 9.72. The van der Waals surface area contributed by atoms with E-state index >= 15 is 0 Å². The molecule has 31 heavy (non-hydrogen) atoms. The van der Waals surface area contributed by atoms with Gasteiger partial charge in [-0.15, -0.1) is 11.8 Å². The molecule has 4 amide bonds. The number of nitrogens with zero attached hydrogens (tertiary/aromatic N) is 2. The molecule has 2 heterocycles. The lowest BCUT2D eigenvalue weighted by atomic mass is 10.1. The zero-order valence-electron chi connectivity index (χ0n) is 18.1. The number of carbonyl (C=O) groups excluding carboxylic acids is 3. The van der Waals surface area contributed by atoms with Crippen molar-refractivity contribution in [2.75, 3.05) is 39.7 Å². The molecule has 0 spiro atoms. The van der Waals surface area contributed by atoms with E-state index in [2.05, 4.69) is 5.32 Å². The minimum atomic E-state index is -0.509. The van der Waals surface area contributed by atoms with Crippen LogP contribution in [0.1, 0.15) is 13.8 Å². The Hall–Kier alpha value is -3.01. The normalized spacial score (nSPS) is 17.9. The molecule has 9 nitrogen and oxygen atoms in total. The van der Waals surface area contributed by atoms with Gasteiger partial charge in [-0.05, 0) is 17.4 Å². The summed E-state index contributed by atoms with van der Waals surface area (Å²) in [5.74, 6) is 0.643. The number of anilines is 1. The maximum atomic E-state index is 13.0. The lowest BCUT2D eigenvalue weighted by molar-refractivity contribution is -0.426. The quantitative estimate of drug-likeness (QED) is 0.610. The highest BCUT2D eigenvalue weighted by Gasteiger charge is 2.49. The van der Waals surface area contributed by atoms with Gasteiger partial charge < -0.3 is 19.5 Å². The van der Waals surface area contributed by atoms with Crippen LogP contribution in [0.2, 0.25) is 0 Å². The second kappa shape index (κ2) is 9.42. The fourth-order valence-electron chi connectivity index (χ4n) is 3.44. The van der Waals surface area contributed by atoms with Gasteiger partial charge in [0.2, 0.25) is 5.75 Å². The Morgan fingerprint density at radius 3 is 2.35 bits per heavy atom. The van der Waals surface area contributed by atoms with Crippen molar-refractivity contribution in [3.63, 3.8) is 0 Å². The van der Waals surface area contributed by atoms with Crippen LogP contribution in [0.4, 0.5) is 10.5 Å². The van der Waals surface area contributed by atoms with Crippen molar-refractivity contribution in [1.82, 2.24) is 4.90 Å². The SMILES string of the molecule is COc1cc(NC(=O)C[N+]2=C3C=CSC3C(=O)N(CC(C)C)C2=O)cc(OC)c1OC. The number of amides is 4. The Bertz CT molecular complexity index is 947. The fraction of sp³-hybridized carbons (Fsp3) is 0.429. The molecule has 166 valence electrons. The van der Waals surface area contributed by atoms with Crippen molar-refractivity contribution < 1.29 is 33.2 Å². The highest BCUT2D eigenvalue weighted by atomic mass is 32.2. The van der Waals surface area contributed by atoms with Crippen LogP contribution in [0, 0.1) is 5.92 Å². The average Bonchev–Trinajstić information content (AvgIpc) is 3.23. The Balaban J connectivity index is 1.85. The first-order valence-corrected chi connectivity index (χ1v) is 10.7. The lowest BCUT2D eigenvalue weighted by Crippen LogP contribution is -2.57. The van der Waals surface area contributed by atoms with E-state index in [1.807, 2.05) is 13.8 Å². The van der Waals surface area contributed by atoms with Crippen molar-refractivity contribution in [3.8, 4) is 17.2 Å². The average molecular weight is 449 g/mol. The number of thioether (sulfide) groups is 1. The highest BCUT2D eigenvalue weighted by molar-refractivity contribution is 8.04. The molecule has 0 saturated carbocycles. The summed E-state index contributed by atoms with van der Waals surface area (Å²) >= 11 is 1.33. The molecule has 0 saturated heterocycles. The second-order valence-corrected chi connectivity index (χ2v) is 8.43. The van der Waals surface area contributed by atoms with E-state index in [-0.39, 0.29) is 18.4 Å². The number of hydrogen-bond donors (Lipinski definition) is 1. The summed E-state index contributed by atoms with van der Waals surface area (Å²) in [6.07, 6.45) is 1.71. The van der Waals surface area contributed by atoms with Crippen LogP contribution >= 0.6 is 11.8 Å². The molecule has 0 fully saturated rings. The van der Waals surface area contributed by atoms with E-state index in [0.29, 0.717) is 35.2 Å². The largest absolute Gasteiger partial charge is 0.501 e. The van der Waals surface area contributed by atoms with E-state index in [9.17, 15) is 14.4 Å². The van der Waals surface area contributed by atoms with Gasteiger partial charge in [0.15, 0.2) is 23.3 Å². The first kappa shape index (κ1) is 22.7. The molecule has 0 radical (unpaired) electrons. The van der Waals surface area contributed by atoms with Crippen molar-refractivity contribution in [3.05, 3.63) is 23.6 Å². The molecular weight excluding hydrogens is 422 g/mol. The van der Waals surface area contributed by atoms with Crippen molar-refractivity contribution >= 4 is 41.0 Å². The Morgan fingerprint density at radius 1 is 1.16 bits per heavy atom. The monoisotopic (exact) mass is 448 g/mol. The van der Waals surface area contributed by atoms with Crippen LogP contribution in [0.15, 0.2) is 23.6 Å². The number of urea groups is 1. The highest BCUT2D eigenvalue weighted by Crippen LogP contribution is 2.40. The molecule has 2 aliphatic heterocycles. The van der Waals surface area contributed by atoms with Crippen LogP contribution < -0.4 is 19.5 Å².